The van der Waals surface area contributed by atoms with Crippen LogP contribution in [0, 0.1) is 0 Å². The fourth-order valence-corrected chi connectivity index (χ4v) is 2.03. The van der Waals surface area contributed by atoms with Crippen LogP contribution in [0.2, 0.25) is 0 Å². The van der Waals surface area contributed by atoms with Gasteiger partial charge in [-0.3, -0.25) is 9.78 Å². The van der Waals surface area contributed by atoms with Crippen LogP contribution in [0.15, 0.2) is 54.2 Å². The predicted molar refractivity (Wildman–Crippen MR) is 88.8 cm³/mol. The summed E-state index contributed by atoms with van der Waals surface area (Å²) >= 11 is 0. The third-order valence-corrected chi connectivity index (χ3v) is 3.29. The number of anilines is 1. The van der Waals surface area contributed by atoms with Crippen molar-refractivity contribution in [2.24, 2.45) is 5.10 Å². The third kappa shape index (κ3) is 3.34. The van der Waals surface area contributed by atoms with Crippen molar-refractivity contribution >= 4 is 23.5 Å². The third-order valence-electron chi connectivity index (χ3n) is 3.29. The molecule has 1 N–H and O–H groups in total. The summed E-state index contributed by atoms with van der Waals surface area (Å²) in [5.41, 5.74) is 5.37. The van der Waals surface area contributed by atoms with E-state index in [1.807, 2.05) is 43.3 Å². The van der Waals surface area contributed by atoms with Crippen molar-refractivity contribution < 1.29 is 4.79 Å². The fourth-order valence-electron chi connectivity index (χ4n) is 2.03. The van der Waals surface area contributed by atoms with Crippen LogP contribution in [0.4, 0.5) is 5.69 Å². The van der Waals surface area contributed by atoms with E-state index in [0.29, 0.717) is 5.65 Å². The molecule has 2 aromatic heterocycles. The van der Waals surface area contributed by atoms with Crippen LogP contribution in [0.1, 0.15) is 16.1 Å². The number of benzene rings is 1. The van der Waals surface area contributed by atoms with E-state index in [9.17, 15) is 4.79 Å². The summed E-state index contributed by atoms with van der Waals surface area (Å²) in [4.78, 5) is 22.2. The van der Waals surface area contributed by atoms with E-state index in [0.717, 1.165) is 11.3 Å². The molecule has 0 aliphatic carbocycles. The number of carbonyl (C=O) groups excluding carboxylic acids is 1. The lowest BCUT2D eigenvalue weighted by Crippen LogP contribution is -2.17. The summed E-state index contributed by atoms with van der Waals surface area (Å²) in [5, 5.41) is 3.96. The lowest BCUT2D eigenvalue weighted by Gasteiger charge is -2.11. The Morgan fingerprint density at radius 2 is 2.09 bits per heavy atom. The van der Waals surface area contributed by atoms with Crippen LogP contribution in [-0.2, 0) is 0 Å². The molecule has 7 nitrogen and oxygen atoms in total. The zero-order chi connectivity index (χ0) is 16.2. The number of nitrogens with one attached hydrogen (secondary N) is 1. The number of imidazole rings is 1. The summed E-state index contributed by atoms with van der Waals surface area (Å²) < 4.78 is 1.73. The number of aromatic nitrogens is 3. The Balaban J connectivity index is 1.66. The maximum atomic E-state index is 12.0. The molecule has 0 atom stereocenters. The number of hydrazone groups is 1. The van der Waals surface area contributed by atoms with Gasteiger partial charge in [0, 0.05) is 38.4 Å². The Hall–Kier alpha value is -3.22. The average Bonchev–Trinajstić information content (AvgIpc) is 2.99. The zero-order valence-electron chi connectivity index (χ0n) is 12.8. The van der Waals surface area contributed by atoms with Gasteiger partial charge in [-0.15, -0.1) is 0 Å². The smallest absolute Gasteiger partial charge is 0.291 e. The van der Waals surface area contributed by atoms with Crippen molar-refractivity contribution in [3.05, 3.63) is 60.3 Å². The van der Waals surface area contributed by atoms with Gasteiger partial charge in [-0.2, -0.15) is 5.10 Å². The molecule has 1 aromatic carbocycles. The Bertz CT molecular complexity index is 817. The molecule has 0 aliphatic heterocycles. The molecule has 1 amide bonds. The van der Waals surface area contributed by atoms with Crippen molar-refractivity contribution in [3.63, 3.8) is 0 Å². The van der Waals surface area contributed by atoms with E-state index in [-0.39, 0.29) is 11.6 Å². The zero-order valence-corrected chi connectivity index (χ0v) is 12.8. The van der Waals surface area contributed by atoms with Crippen LogP contribution in [0.25, 0.3) is 5.65 Å². The van der Waals surface area contributed by atoms with Gasteiger partial charge in [-0.1, -0.05) is 12.1 Å². The number of amides is 1. The normalized spacial score (nSPS) is 11.0. The van der Waals surface area contributed by atoms with E-state index in [4.69, 9.17) is 0 Å². The number of rotatable bonds is 4. The highest BCUT2D eigenvalue weighted by atomic mass is 16.2. The molecule has 0 fully saturated rings. The van der Waals surface area contributed by atoms with Gasteiger partial charge in [0.05, 0.1) is 12.4 Å². The number of hydrogen-bond acceptors (Lipinski definition) is 5. The second-order valence-electron chi connectivity index (χ2n) is 5.15. The van der Waals surface area contributed by atoms with Gasteiger partial charge in [0.2, 0.25) is 0 Å². The van der Waals surface area contributed by atoms with Crippen LogP contribution in [-0.4, -0.2) is 40.6 Å². The minimum Gasteiger partial charge on any atom is -0.378 e. The van der Waals surface area contributed by atoms with Crippen LogP contribution in [0.3, 0.4) is 0 Å². The number of fused-ring (bicyclic) bond motifs is 1. The second kappa shape index (κ2) is 6.27. The number of nitrogens with zero attached hydrogens (tertiary/aromatic N) is 5. The monoisotopic (exact) mass is 308 g/mol. The van der Waals surface area contributed by atoms with Crippen molar-refractivity contribution in [1.29, 1.82) is 0 Å². The summed E-state index contributed by atoms with van der Waals surface area (Å²) in [6, 6.07) is 7.83. The van der Waals surface area contributed by atoms with E-state index < -0.39 is 0 Å². The maximum Gasteiger partial charge on any atom is 0.291 e. The highest BCUT2D eigenvalue weighted by molar-refractivity contribution is 5.93. The number of hydrogen-bond donors (Lipinski definition) is 1. The van der Waals surface area contributed by atoms with E-state index >= 15 is 0 Å². The molecule has 0 saturated carbocycles. The molecule has 0 radical (unpaired) electrons. The second-order valence-corrected chi connectivity index (χ2v) is 5.15. The lowest BCUT2D eigenvalue weighted by atomic mass is 10.2. The van der Waals surface area contributed by atoms with Gasteiger partial charge in [0.1, 0.15) is 5.69 Å². The van der Waals surface area contributed by atoms with Crippen LogP contribution >= 0.6 is 0 Å². The molecule has 0 unspecified atom stereocenters. The summed E-state index contributed by atoms with van der Waals surface area (Å²) in [7, 11) is 3.96. The van der Waals surface area contributed by atoms with E-state index in [1.54, 1.807) is 35.4 Å². The minimum absolute atomic E-state index is 0.290. The van der Waals surface area contributed by atoms with Crippen molar-refractivity contribution in [2.75, 3.05) is 19.0 Å². The lowest BCUT2D eigenvalue weighted by molar-refractivity contribution is 0.0951. The molecule has 116 valence electrons. The van der Waals surface area contributed by atoms with Gasteiger partial charge in [0.15, 0.2) is 5.65 Å². The van der Waals surface area contributed by atoms with Crippen molar-refractivity contribution in [2.45, 2.75) is 0 Å². The minimum atomic E-state index is -0.366. The molecule has 0 saturated heterocycles. The van der Waals surface area contributed by atoms with Crippen molar-refractivity contribution in [3.8, 4) is 0 Å². The molecule has 3 aromatic rings. The Kier molecular flexibility index (Phi) is 4.01. The molecule has 0 bridgehead atoms. The molecular weight excluding hydrogens is 292 g/mol. The van der Waals surface area contributed by atoms with E-state index in [2.05, 4.69) is 20.5 Å². The highest BCUT2D eigenvalue weighted by Crippen LogP contribution is 2.10. The van der Waals surface area contributed by atoms with Crippen LogP contribution < -0.4 is 10.3 Å². The molecule has 3 rings (SSSR count). The maximum absolute atomic E-state index is 12.0. The highest BCUT2D eigenvalue weighted by Gasteiger charge is 2.09. The Labute approximate surface area is 133 Å². The van der Waals surface area contributed by atoms with Gasteiger partial charge in [-0.25, -0.2) is 10.4 Å². The predicted octanol–water partition coefficient (Wildman–Crippen LogP) is 1.56. The van der Waals surface area contributed by atoms with Gasteiger partial charge in [0.25, 0.3) is 5.91 Å². The first-order valence-electron chi connectivity index (χ1n) is 7.03. The fraction of sp³-hybridized carbons (Fsp3) is 0.125. The van der Waals surface area contributed by atoms with Crippen molar-refractivity contribution in [1.82, 2.24) is 19.8 Å². The first-order valence-corrected chi connectivity index (χ1v) is 7.03. The molecule has 0 spiro atoms. The quantitative estimate of drug-likeness (QED) is 0.586. The Morgan fingerprint density at radius 3 is 2.78 bits per heavy atom. The first kappa shape index (κ1) is 14.7. The summed E-state index contributed by atoms with van der Waals surface area (Å²) in [6.45, 7) is 0. The Morgan fingerprint density at radius 1 is 1.30 bits per heavy atom. The standard InChI is InChI=1S/C16H16N6O/c1-21(2)13-5-3-12(4-6-13)9-18-20-16(23)14-11-22-8-7-17-10-15(22)19-14/h3-11H,1-2H3,(H,20,23)/b18-9+. The van der Waals surface area contributed by atoms with Gasteiger partial charge < -0.3 is 9.30 Å². The molecule has 2 heterocycles. The van der Waals surface area contributed by atoms with Crippen LogP contribution in [0.5, 0.6) is 0 Å². The largest absolute Gasteiger partial charge is 0.378 e. The topological polar surface area (TPSA) is 74.9 Å². The van der Waals surface area contributed by atoms with E-state index in [1.165, 1.54) is 0 Å². The first-order chi connectivity index (χ1) is 11.1. The average molecular weight is 308 g/mol. The SMILES string of the molecule is CN(C)c1ccc(/C=N/NC(=O)c2cn3ccncc3n2)cc1. The molecule has 23 heavy (non-hydrogen) atoms. The van der Waals surface area contributed by atoms with Gasteiger partial charge >= 0.3 is 0 Å². The summed E-state index contributed by atoms with van der Waals surface area (Å²) in [6.07, 6.45) is 8.18. The number of carbonyl (C=O) groups is 1. The van der Waals surface area contributed by atoms with Gasteiger partial charge in [-0.05, 0) is 17.7 Å². The summed E-state index contributed by atoms with van der Waals surface area (Å²) in [5.74, 6) is -0.366. The molecule has 7 heteroatoms. The molecule has 0 aliphatic rings. The molecular formula is C16H16N6O.